The van der Waals surface area contributed by atoms with Crippen LogP contribution in [0.5, 0.6) is 0 Å². The van der Waals surface area contributed by atoms with E-state index in [9.17, 15) is 9.59 Å². The van der Waals surface area contributed by atoms with Gasteiger partial charge in [-0.3, -0.25) is 0 Å². The zero-order valence-electron chi connectivity index (χ0n) is 11.7. The lowest BCUT2D eigenvalue weighted by Gasteiger charge is -2.30. The van der Waals surface area contributed by atoms with Crippen LogP contribution in [0.3, 0.4) is 0 Å². The van der Waals surface area contributed by atoms with Crippen LogP contribution in [-0.4, -0.2) is 44.2 Å². The van der Waals surface area contributed by atoms with Crippen molar-refractivity contribution in [3.05, 3.63) is 23.3 Å². The Kier molecular flexibility index (Phi) is 3.61. The van der Waals surface area contributed by atoms with E-state index in [4.69, 9.17) is 9.84 Å². The monoisotopic (exact) mass is 279 g/mol. The van der Waals surface area contributed by atoms with Crippen LogP contribution in [0.4, 0.5) is 4.79 Å². The van der Waals surface area contributed by atoms with Gasteiger partial charge in [0.1, 0.15) is 11.9 Å². The minimum Gasteiger partial charge on any atom is -0.476 e. The van der Waals surface area contributed by atoms with Crippen molar-refractivity contribution in [1.29, 1.82) is 0 Å². The maximum atomic E-state index is 12.0. The molecule has 2 rings (SSSR count). The molecule has 1 aromatic heterocycles. The molecule has 0 fully saturated rings. The van der Waals surface area contributed by atoms with E-state index >= 15 is 0 Å². The molecule has 0 radical (unpaired) electrons. The largest absolute Gasteiger partial charge is 0.476 e. The average Bonchev–Trinajstić information content (AvgIpc) is 2.35. The molecule has 2 heterocycles. The Labute approximate surface area is 116 Å². The van der Waals surface area contributed by atoms with Crippen LogP contribution in [0.15, 0.2) is 6.33 Å². The Hall–Kier alpha value is -2.18. The summed E-state index contributed by atoms with van der Waals surface area (Å²) in [4.78, 5) is 32.5. The molecule has 0 atom stereocenters. The Balaban J connectivity index is 2.22. The molecule has 0 saturated heterocycles. The fourth-order valence-corrected chi connectivity index (χ4v) is 2.01. The predicted molar refractivity (Wildman–Crippen MR) is 69.3 cm³/mol. The van der Waals surface area contributed by atoms with Crippen molar-refractivity contribution in [2.24, 2.45) is 0 Å². The van der Waals surface area contributed by atoms with Gasteiger partial charge in [0.25, 0.3) is 0 Å². The molecule has 7 heteroatoms. The smallest absolute Gasteiger partial charge is 0.410 e. The third-order valence-electron chi connectivity index (χ3n) is 2.86. The third-order valence-corrected chi connectivity index (χ3v) is 2.86. The molecule has 0 unspecified atom stereocenters. The second-order valence-electron chi connectivity index (χ2n) is 5.60. The minimum absolute atomic E-state index is 0.0525. The van der Waals surface area contributed by atoms with Crippen LogP contribution in [0.1, 0.15) is 42.5 Å². The second kappa shape index (κ2) is 5.07. The van der Waals surface area contributed by atoms with Gasteiger partial charge in [-0.2, -0.15) is 0 Å². The molecule has 7 nitrogen and oxygen atoms in total. The molecular formula is C13H17N3O4. The molecule has 0 aromatic carbocycles. The van der Waals surface area contributed by atoms with E-state index in [0.29, 0.717) is 24.2 Å². The third kappa shape index (κ3) is 3.04. The van der Waals surface area contributed by atoms with Gasteiger partial charge in [0, 0.05) is 18.5 Å². The van der Waals surface area contributed by atoms with Crippen LogP contribution < -0.4 is 0 Å². The molecular weight excluding hydrogens is 262 g/mol. The van der Waals surface area contributed by atoms with Crippen LogP contribution in [0.25, 0.3) is 0 Å². The summed E-state index contributed by atoms with van der Waals surface area (Å²) in [7, 11) is 0. The second-order valence-corrected chi connectivity index (χ2v) is 5.60. The number of hydrogen-bond acceptors (Lipinski definition) is 5. The summed E-state index contributed by atoms with van der Waals surface area (Å²) >= 11 is 0. The Morgan fingerprint density at radius 2 is 2.05 bits per heavy atom. The number of fused-ring (bicyclic) bond motifs is 1. The van der Waals surface area contributed by atoms with Gasteiger partial charge in [0.2, 0.25) is 0 Å². The lowest BCUT2D eigenvalue weighted by atomic mass is 10.0. The van der Waals surface area contributed by atoms with Crippen molar-refractivity contribution in [2.45, 2.75) is 39.3 Å². The van der Waals surface area contributed by atoms with Crippen molar-refractivity contribution in [2.75, 3.05) is 6.54 Å². The number of rotatable bonds is 1. The van der Waals surface area contributed by atoms with E-state index in [0.717, 1.165) is 0 Å². The maximum absolute atomic E-state index is 12.0. The van der Waals surface area contributed by atoms with E-state index < -0.39 is 17.7 Å². The average molecular weight is 279 g/mol. The fourth-order valence-electron chi connectivity index (χ4n) is 2.01. The van der Waals surface area contributed by atoms with E-state index in [-0.39, 0.29) is 12.2 Å². The highest BCUT2D eigenvalue weighted by molar-refractivity contribution is 5.87. The van der Waals surface area contributed by atoms with Gasteiger partial charge in [0.15, 0.2) is 5.69 Å². The van der Waals surface area contributed by atoms with Gasteiger partial charge in [-0.25, -0.2) is 19.6 Å². The topological polar surface area (TPSA) is 92.6 Å². The van der Waals surface area contributed by atoms with Gasteiger partial charge in [-0.05, 0) is 20.8 Å². The molecule has 20 heavy (non-hydrogen) atoms. The highest BCUT2D eigenvalue weighted by atomic mass is 16.6. The molecule has 0 bridgehead atoms. The molecule has 0 spiro atoms. The predicted octanol–water partition coefficient (Wildman–Crippen LogP) is 1.47. The zero-order valence-corrected chi connectivity index (χ0v) is 11.7. The number of amides is 1. The lowest BCUT2D eigenvalue weighted by molar-refractivity contribution is 0.0219. The number of carboxylic acids is 1. The van der Waals surface area contributed by atoms with E-state index in [1.54, 1.807) is 20.8 Å². The maximum Gasteiger partial charge on any atom is 0.410 e. The molecule has 108 valence electrons. The zero-order chi connectivity index (χ0) is 14.9. The highest BCUT2D eigenvalue weighted by Crippen LogP contribution is 2.21. The van der Waals surface area contributed by atoms with Gasteiger partial charge < -0.3 is 14.7 Å². The minimum atomic E-state index is -1.12. The van der Waals surface area contributed by atoms with Gasteiger partial charge in [-0.1, -0.05) is 0 Å². The van der Waals surface area contributed by atoms with Crippen LogP contribution in [0, 0.1) is 0 Å². The molecule has 1 amide bonds. The van der Waals surface area contributed by atoms with Crippen molar-refractivity contribution in [3.63, 3.8) is 0 Å². The summed E-state index contributed by atoms with van der Waals surface area (Å²) in [5.74, 6) is -1.12. The normalized spacial score (nSPS) is 14.7. The number of ether oxygens (including phenoxy) is 1. The van der Waals surface area contributed by atoms with Gasteiger partial charge in [0.05, 0.1) is 12.2 Å². The first-order valence-corrected chi connectivity index (χ1v) is 6.32. The number of carboxylic acid groups (broad SMARTS) is 1. The van der Waals surface area contributed by atoms with Crippen molar-refractivity contribution < 1.29 is 19.4 Å². The fraction of sp³-hybridized carbons (Fsp3) is 0.538. The van der Waals surface area contributed by atoms with Crippen molar-refractivity contribution >= 4 is 12.1 Å². The van der Waals surface area contributed by atoms with E-state index in [1.165, 1.54) is 11.2 Å². The first kappa shape index (κ1) is 14.2. The molecule has 0 saturated carbocycles. The van der Waals surface area contributed by atoms with Crippen molar-refractivity contribution in [3.8, 4) is 0 Å². The summed E-state index contributed by atoms with van der Waals surface area (Å²) in [6.07, 6.45) is 1.28. The molecule has 1 aliphatic heterocycles. The van der Waals surface area contributed by atoms with Crippen molar-refractivity contribution in [1.82, 2.24) is 14.9 Å². The Morgan fingerprint density at radius 3 is 2.65 bits per heavy atom. The molecule has 1 aromatic rings. The Bertz CT molecular complexity index is 551. The number of carbonyl (C=O) groups excluding carboxylic acids is 1. The Morgan fingerprint density at radius 1 is 1.35 bits per heavy atom. The summed E-state index contributed by atoms with van der Waals surface area (Å²) < 4.78 is 5.29. The summed E-state index contributed by atoms with van der Waals surface area (Å²) in [6, 6.07) is 0. The number of nitrogens with zero attached hydrogens (tertiary/aromatic N) is 3. The molecule has 0 aliphatic carbocycles. The lowest BCUT2D eigenvalue weighted by Crippen LogP contribution is -2.40. The van der Waals surface area contributed by atoms with Gasteiger partial charge >= 0.3 is 12.1 Å². The SMILES string of the molecule is CC(C)(C)OC(=O)N1CCc2ncnc(C(=O)O)c2C1. The van der Waals surface area contributed by atoms with Crippen LogP contribution in [0.2, 0.25) is 0 Å². The van der Waals surface area contributed by atoms with Crippen LogP contribution >= 0.6 is 0 Å². The van der Waals surface area contributed by atoms with Crippen LogP contribution in [-0.2, 0) is 17.7 Å². The summed E-state index contributed by atoms with van der Waals surface area (Å²) in [5.41, 5.74) is 0.526. The summed E-state index contributed by atoms with van der Waals surface area (Å²) in [5, 5.41) is 9.13. The number of carbonyl (C=O) groups is 2. The quantitative estimate of drug-likeness (QED) is 0.836. The number of hydrogen-bond donors (Lipinski definition) is 1. The van der Waals surface area contributed by atoms with Gasteiger partial charge in [-0.15, -0.1) is 0 Å². The molecule has 1 N–H and O–H groups in total. The first-order valence-electron chi connectivity index (χ1n) is 6.32. The highest BCUT2D eigenvalue weighted by Gasteiger charge is 2.29. The summed E-state index contributed by atoms with van der Waals surface area (Å²) in [6.45, 7) is 5.97. The molecule has 1 aliphatic rings. The van der Waals surface area contributed by atoms with E-state index in [2.05, 4.69) is 9.97 Å². The number of aromatic nitrogens is 2. The number of aromatic carboxylic acids is 1. The first-order chi connectivity index (χ1) is 9.28. The van der Waals surface area contributed by atoms with E-state index in [1.807, 2.05) is 0 Å². The standard InChI is InChI=1S/C13H17N3O4/c1-13(2,3)20-12(19)16-5-4-9-8(6-16)10(11(17)18)15-7-14-9/h7H,4-6H2,1-3H3,(H,17,18).